The minimum absolute atomic E-state index is 0.0629. The van der Waals surface area contributed by atoms with E-state index in [1.807, 2.05) is 0 Å². The molecule has 0 heterocycles. The van der Waals surface area contributed by atoms with Gasteiger partial charge in [-0.25, -0.2) is 0 Å². The zero-order valence-electron chi connectivity index (χ0n) is 6.71. The van der Waals surface area contributed by atoms with E-state index in [-0.39, 0.29) is 30.0 Å². The van der Waals surface area contributed by atoms with Crippen molar-refractivity contribution < 1.29 is 4.21 Å². The van der Waals surface area contributed by atoms with Crippen LogP contribution in [0.4, 0.5) is 0 Å². The summed E-state index contributed by atoms with van der Waals surface area (Å²) in [4.78, 5) is 0.202. The van der Waals surface area contributed by atoms with E-state index in [9.17, 15) is 4.21 Å². The molecule has 0 fully saturated rings. The third-order valence-corrected chi connectivity index (χ3v) is 4.94. The van der Waals surface area contributed by atoms with Crippen molar-refractivity contribution in [1.82, 2.24) is 0 Å². The van der Waals surface area contributed by atoms with Crippen LogP contribution in [0.2, 0.25) is 25.1 Å². The predicted octanol–water partition coefficient (Wildman–Crippen LogP) is 4.69. The Bertz CT molecular complexity index is 388. The minimum atomic E-state index is -1.37. The van der Waals surface area contributed by atoms with Gasteiger partial charge >= 0.3 is 0 Å². The smallest absolute Gasteiger partial charge is 0.0809 e. The van der Waals surface area contributed by atoms with Gasteiger partial charge in [0.25, 0.3) is 0 Å². The molecule has 1 atom stereocenters. The summed E-state index contributed by atoms with van der Waals surface area (Å²) in [6, 6.07) is 0. The molecule has 0 radical (unpaired) electrons. The lowest BCUT2D eigenvalue weighted by molar-refractivity contribution is 0.687. The minimum Gasteiger partial charge on any atom is -0.255 e. The molecule has 0 spiro atoms. The van der Waals surface area contributed by atoms with Crippen LogP contribution >= 0.6 is 58.0 Å². The van der Waals surface area contributed by atoms with Gasteiger partial charge in [-0.1, -0.05) is 58.0 Å². The first-order chi connectivity index (χ1) is 6.37. The maximum atomic E-state index is 11.3. The van der Waals surface area contributed by atoms with Gasteiger partial charge in [0, 0.05) is 6.26 Å². The van der Waals surface area contributed by atoms with Crippen LogP contribution in [0.3, 0.4) is 0 Å². The summed E-state index contributed by atoms with van der Waals surface area (Å²) in [5.74, 6) is 0. The Morgan fingerprint density at radius 2 is 1.07 bits per heavy atom. The number of rotatable bonds is 1. The molecule has 0 aliphatic heterocycles. The molecule has 0 amide bonds. The molecular formula is C7H3Cl5OS. The highest BCUT2D eigenvalue weighted by Gasteiger charge is 2.21. The normalized spacial score (nSPS) is 13.0. The highest BCUT2D eigenvalue weighted by Crippen LogP contribution is 2.44. The van der Waals surface area contributed by atoms with E-state index < -0.39 is 10.8 Å². The molecule has 78 valence electrons. The second-order valence-electron chi connectivity index (χ2n) is 2.35. The van der Waals surface area contributed by atoms with Gasteiger partial charge in [0.15, 0.2) is 0 Å². The van der Waals surface area contributed by atoms with E-state index in [2.05, 4.69) is 0 Å². The van der Waals surface area contributed by atoms with E-state index in [1.54, 1.807) is 0 Å². The Morgan fingerprint density at radius 3 is 1.36 bits per heavy atom. The average Bonchev–Trinajstić information content (AvgIpc) is 2.11. The van der Waals surface area contributed by atoms with Crippen LogP contribution in [0.25, 0.3) is 0 Å². The largest absolute Gasteiger partial charge is 0.255 e. The van der Waals surface area contributed by atoms with Crippen LogP contribution in [-0.4, -0.2) is 10.5 Å². The summed E-state index contributed by atoms with van der Waals surface area (Å²) in [6.07, 6.45) is 1.42. The summed E-state index contributed by atoms with van der Waals surface area (Å²) >= 11 is 28.9. The molecule has 7 heteroatoms. The molecule has 0 N–H and O–H groups in total. The quantitative estimate of drug-likeness (QED) is 0.543. The van der Waals surface area contributed by atoms with Crippen LogP contribution in [0.15, 0.2) is 4.90 Å². The van der Waals surface area contributed by atoms with Crippen molar-refractivity contribution in [2.45, 2.75) is 4.90 Å². The molecule has 1 aromatic rings. The van der Waals surface area contributed by atoms with Crippen molar-refractivity contribution in [1.29, 1.82) is 0 Å². The lowest BCUT2D eigenvalue weighted by atomic mass is 10.3. The monoisotopic (exact) mass is 310 g/mol. The first kappa shape index (κ1) is 12.9. The topological polar surface area (TPSA) is 17.1 Å². The number of benzene rings is 1. The number of halogens is 5. The highest BCUT2D eigenvalue weighted by molar-refractivity contribution is 7.84. The van der Waals surface area contributed by atoms with Crippen molar-refractivity contribution in [3.05, 3.63) is 25.1 Å². The number of hydrogen-bond acceptors (Lipinski definition) is 1. The maximum Gasteiger partial charge on any atom is 0.0809 e. The Morgan fingerprint density at radius 1 is 0.786 bits per heavy atom. The van der Waals surface area contributed by atoms with E-state index >= 15 is 0 Å². The fraction of sp³-hybridized carbons (Fsp3) is 0.143. The van der Waals surface area contributed by atoms with Gasteiger partial charge in [-0.3, -0.25) is 4.21 Å². The molecule has 0 saturated carbocycles. The Kier molecular flexibility index (Phi) is 4.39. The second kappa shape index (κ2) is 4.77. The van der Waals surface area contributed by atoms with Crippen LogP contribution < -0.4 is 0 Å². The Balaban J connectivity index is 3.68. The van der Waals surface area contributed by atoms with Gasteiger partial charge in [-0.2, -0.15) is 0 Å². The summed E-state index contributed by atoms with van der Waals surface area (Å²) in [6.45, 7) is 0. The fourth-order valence-electron chi connectivity index (χ4n) is 0.837. The lowest BCUT2D eigenvalue weighted by Crippen LogP contribution is -1.93. The average molecular weight is 312 g/mol. The molecule has 1 unspecified atom stereocenters. The Hall–Kier alpha value is 0.820. The van der Waals surface area contributed by atoms with Gasteiger partial charge < -0.3 is 0 Å². The molecule has 0 aromatic heterocycles. The third kappa shape index (κ3) is 2.16. The van der Waals surface area contributed by atoms with Crippen molar-refractivity contribution in [3.8, 4) is 0 Å². The molecular weight excluding hydrogens is 309 g/mol. The summed E-state index contributed by atoms with van der Waals surface area (Å²) in [5.41, 5.74) is 0. The zero-order valence-corrected chi connectivity index (χ0v) is 11.3. The second-order valence-corrected chi connectivity index (χ2v) is 5.56. The lowest BCUT2D eigenvalue weighted by Gasteiger charge is -2.09. The van der Waals surface area contributed by atoms with E-state index in [0.717, 1.165) is 0 Å². The van der Waals surface area contributed by atoms with Crippen LogP contribution in [0, 0.1) is 0 Å². The SMILES string of the molecule is CS(=O)c1c(Cl)c(Cl)c(Cl)c(Cl)c1Cl. The predicted molar refractivity (Wildman–Crippen MR) is 63.8 cm³/mol. The molecule has 1 rings (SSSR count). The van der Waals surface area contributed by atoms with E-state index in [4.69, 9.17) is 58.0 Å². The Labute approximate surface area is 109 Å². The molecule has 0 saturated heterocycles. The van der Waals surface area contributed by atoms with Gasteiger partial charge in [0.05, 0.1) is 40.8 Å². The maximum absolute atomic E-state index is 11.3. The van der Waals surface area contributed by atoms with Crippen molar-refractivity contribution in [2.24, 2.45) is 0 Å². The van der Waals surface area contributed by atoms with Crippen molar-refractivity contribution >= 4 is 68.8 Å². The van der Waals surface area contributed by atoms with E-state index in [0.29, 0.717) is 0 Å². The molecule has 1 nitrogen and oxygen atoms in total. The molecule has 1 aromatic carbocycles. The van der Waals surface area contributed by atoms with Crippen LogP contribution in [0.1, 0.15) is 0 Å². The van der Waals surface area contributed by atoms with Crippen LogP contribution in [0.5, 0.6) is 0 Å². The first-order valence-corrected chi connectivity index (χ1v) is 6.67. The highest BCUT2D eigenvalue weighted by atomic mass is 35.5. The molecule has 14 heavy (non-hydrogen) atoms. The number of hydrogen-bond donors (Lipinski definition) is 0. The first-order valence-electron chi connectivity index (χ1n) is 3.22. The van der Waals surface area contributed by atoms with E-state index in [1.165, 1.54) is 6.26 Å². The molecule has 0 aliphatic carbocycles. The third-order valence-electron chi connectivity index (χ3n) is 1.46. The summed E-state index contributed by atoms with van der Waals surface area (Å²) in [7, 11) is -1.37. The molecule has 0 bridgehead atoms. The van der Waals surface area contributed by atoms with Crippen molar-refractivity contribution in [2.75, 3.05) is 6.26 Å². The summed E-state index contributed by atoms with van der Waals surface area (Å²) < 4.78 is 11.3. The van der Waals surface area contributed by atoms with Gasteiger partial charge in [-0.15, -0.1) is 0 Å². The van der Waals surface area contributed by atoms with Gasteiger partial charge in [0.1, 0.15) is 0 Å². The molecule has 0 aliphatic rings. The summed E-state index contributed by atoms with van der Waals surface area (Å²) in [5, 5.41) is 0.345. The standard InChI is InChI=1S/C7H3Cl5OS/c1-14(13)7-5(11)3(9)2(8)4(10)6(7)12/h1H3. The van der Waals surface area contributed by atoms with Gasteiger partial charge in [0.2, 0.25) is 0 Å². The fourth-order valence-corrected chi connectivity index (χ4v) is 3.45. The van der Waals surface area contributed by atoms with Crippen molar-refractivity contribution in [3.63, 3.8) is 0 Å². The van der Waals surface area contributed by atoms with Crippen LogP contribution in [-0.2, 0) is 10.8 Å². The zero-order chi connectivity index (χ0) is 11.0. The van der Waals surface area contributed by atoms with Gasteiger partial charge in [-0.05, 0) is 0 Å².